The number of piperazine rings is 1. The maximum absolute atomic E-state index is 13.0. The van der Waals surface area contributed by atoms with Gasteiger partial charge in [0.2, 0.25) is 10.0 Å². The predicted molar refractivity (Wildman–Crippen MR) is 99.2 cm³/mol. The molecule has 1 saturated heterocycles. The molecule has 0 amide bonds. The Morgan fingerprint density at radius 3 is 2.60 bits per heavy atom. The van der Waals surface area contributed by atoms with Gasteiger partial charge in [-0.05, 0) is 18.1 Å². The van der Waals surface area contributed by atoms with Crippen LogP contribution in [0, 0.1) is 0 Å². The van der Waals surface area contributed by atoms with Gasteiger partial charge in [-0.2, -0.15) is 4.31 Å². The summed E-state index contributed by atoms with van der Waals surface area (Å²) in [6.45, 7) is 1.72. The maximum atomic E-state index is 13.0. The number of rotatable bonds is 6. The summed E-state index contributed by atoms with van der Waals surface area (Å²) in [5, 5.41) is 3.30. The molecule has 2 aromatic rings. The van der Waals surface area contributed by atoms with Crippen LogP contribution in [0.4, 0.5) is 0 Å². The number of nitrogens with one attached hydrogen (secondary N) is 1. The third kappa shape index (κ3) is 4.21. The molecule has 1 aliphatic rings. The van der Waals surface area contributed by atoms with Crippen molar-refractivity contribution < 1.29 is 13.2 Å². The summed E-state index contributed by atoms with van der Waals surface area (Å²) >= 11 is 0. The summed E-state index contributed by atoms with van der Waals surface area (Å²) in [4.78, 5) is 0. The second-order valence-electron chi connectivity index (χ2n) is 6.12. The second-order valence-corrected chi connectivity index (χ2v) is 8.17. The first-order valence-corrected chi connectivity index (χ1v) is 10.1. The summed E-state index contributed by atoms with van der Waals surface area (Å²) in [6.07, 6.45) is 0.520. The van der Waals surface area contributed by atoms with E-state index in [1.54, 1.807) is 11.4 Å². The first-order valence-electron chi connectivity index (χ1n) is 8.49. The standard InChI is InChI=1S/C19H24N2O3S/c1-24-19-10-6-5-9-17(19)18-15-20-12-13-21(18)25(22,23)14-11-16-7-3-2-4-8-16/h2-10,18,20H,11-15H2,1H3. The Hall–Kier alpha value is -1.89. The lowest BCUT2D eigenvalue weighted by molar-refractivity contribution is 0.264. The van der Waals surface area contributed by atoms with Crippen LogP contribution in [0.2, 0.25) is 0 Å². The Morgan fingerprint density at radius 2 is 1.84 bits per heavy atom. The summed E-state index contributed by atoms with van der Waals surface area (Å²) in [5.74, 6) is 0.835. The Labute approximate surface area is 149 Å². The van der Waals surface area contributed by atoms with Crippen molar-refractivity contribution in [1.82, 2.24) is 9.62 Å². The fourth-order valence-electron chi connectivity index (χ4n) is 3.23. The van der Waals surface area contributed by atoms with Gasteiger partial charge in [0.1, 0.15) is 5.75 Å². The van der Waals surface area contributed by atoms with Gasteiger partial charge >= 0.3 is 0 Å². The molecule has 1 unspecified atom stereocenters. The molecule has 0 aromatic heterocycles. The molecule has 5 nitrogen and oxygen atoms in total. The van der Waals surface area contributed by atoms with E-state index in [1.807, 2.05) is 54.6 Å². The molecule has 6 heteroatoms. The molecular weight excluding hydrogens is 336 g/mol. The monoisotopic (exact) mass is 360 g/mol. The molecule has 1 aliphatic heterocycles. The minimum absolute atomic E-state index is 0.114. The van der Waals surface area contributed by atoms with E-state index in [0.717, 1.165) is 16.9 Å². The van der Waals surface area contributed by atoms with Crippen molar-refractivity contribution in [3.63, 3.8) is 0 Å². The zero-order chi connectivity index (χ0) is 17.7. The molecule has 0 radical (unpaired) electrons. The zero-order valence-corrected chi connectivity index (χ0v) is 15.2. The topological polar surface area (TPSA) is 58.6 Å². The van der Waals surface area contributed by atoms with Gasteiger partial charge in [-0.15, -0.1) is 0 Å². The van der Waals surface area contributed by atoms with Crippen molar-refractivity contribution in [2.75, 3.05) is 32.5 Å². The van der Waals surface area contributed by atoms with Crippen molar-refractivity contribution in [1.29, 1.82) is 0 Å². The number of sulfonamides is 1. The SMILES string of the molecule is COc1ccccc1C1CNCCN1S(=O)(=O)CCc1ccccc1. The molecular formula is C19H24N2O3S. The smallest absolute Gasteiger partial charge is 0.215 e. The van der Waals surface area contributed by atoms with Crippen LogP contribution in [0.1, 0.15) is 17.2 Å². The minimum atomic E-state index is -3.37. The minimum Gasteiger partial charge on any atom is -0.496 e. The number of para-hydroxylation sites is 1. The van der Waals surface area contributed by atoms with Crippen LogP contribution >= 0.6 is 0 Å². The number of methoxy groups -OCH3 is 1. The molecule has 0 bridgehead atoms. The molecule has 2 aromatic carbocycles. The van der Waals surface area contributed by atoms with E-state index in [2.05, 4.69) is 5.32 Å². The van der Waals surface area contributed by atoms with Gasteiger partial charge in [-0.3, -0.25) is 0 Å². The van der Waals surface area contributed by atoms with Crippen molar-refractivity contribution in [2.24, 2.45) is 0 Å². The number of benzene rings is 2. The summed E-state index contributed by atoms with van der Waals surface area (Å²) in [7, 11) is -1.75. The van der Waals surface area contributed by atoms with Gasteiger partial charge in [-0.1, -0.05) is 48.5 Å². The highest BCUT2D eigenvalue weighted by atomic mass is 32.2. The van der Waals surface area contributed by atoms with Crippen LogP contribution in [0.3, 0.4) is 0 Å². The second kappa shape index (κ2) is 7.99. The maximum Gasteiger partial charge on any atom is 0.215 e. The van der Waals surface area contributed by atoms with E-state index in [9.17, 15) is 8.42 Å². The molecule has 0 aliphatic carbocycles. The van der Waals surface area contributed by atoms with Crippen LogP contribution in [0.15, 0.2) is 54.6 Å². The van der Waals surface area contributed by atoms with Crippen LogP contribution in [-0.2, 0) is 16.4 Å². The quantitative estimate of drug-likeness (QED) is 0.858. The van der Waals surface area contributed by atoms with Crippen molar-refractivity contribution in [2.45, 2.75) is 12.5 Å². The van der Waals surface area contributed by atoms with Crippen LogP contribution in [-0.4, -0.2) is 45.2 Å². The fourth-order valence-corrected chi connectivity index (χ4v) is 4.91. The largest absolute Gasteiger partial charge is 0.496 e. The van der Waals surface area contributed by atoms with Crippen LogP contribution < -0.4 is 10.1 Å². The highest BCUT2D eigenvalue weighted by molar-refractivity contribution is 7.89. The van der Waals surface area contributed by atoms with E-state index in [1.165, 1.54) is 0 Å². The molecule has 0 saturated carbocycles. The van der Waals surface area contributed by atoms with Crippen LogP contribution in [0.5, 0.6) is 5.75 Å². The highest BCUT2D eigenvalue weighted by Gasteiger charge is 2.34. The first-order chi connectivity index (χ1) is 12.1. The van der Waals surface area contributed by atoms with E-state index >= 15 is 0 Å². The number of aryl methyl sites for hydroxylation is 1. The van der Waals surface area contributed by atoms with Crippen molar-refractivity contribution in [3.8, 4) is 5.75 Å². The lowest BCUT2D eigenvalue weighted by atomic mass is 10.0. The molecule has 3 rings (SSSR count). The normalized spacial score (nSPS) is 18.8. The van der Waals surface area contributed by atoms with Gasteiger partial charge in [0.25, 0.3) is 0 Å². The molecule has 25 heavy (non-hydrogen) atoms. The van der Waals surface area contributed by atoms with E-state index in [0.29, 0.717) is 26.1 Å². The Kier molecular flexibility index (Phi) is 5.73. The number of ether oxygens (including phenoxy) is 1. The third-order valence-corrected chi connectivity index (χ3v) is 6.41. The molecule has 1 heterocycles. The summed E-state index contributed by atoms with van der Waals surface area (Å²) < 4.78 is 33.1. The predicted octanol–water partition coefficient (Wildman–Crippen LogP) is 2.21. The van der Waals surface area contributed by atoms with Gasteiger partial charge < -0.3 is 10.1 Å². The number of hydrogen-bond donors (Lipinski definition) is 1. The lowest BCUT2D eigenvalue weighted by Gasteiger charge is -2.36. The van der Waals surface area contributed by atoms with Crippen molar-refractivity contribution in [3.05, 3.63) is 65.7 Å². The van der Waals surface area contributed by atoms with Gasteiger partial charge in [-0.25, -0.2) is 8.42 Å². The summed E-state index contributed by atoms with van der Waals surface area (Å²) in [6, 6.07) is 17.1. The molecule has 0 spiro atoms. The van der Waals surface area contributed by atoms with Gasteiger partial charge in [0.05, 0.1) is 18.9 Å². The lowest BCUT2D eigenvalue weighted by Crippen LogP contribution is -2.49. The molecule has 1 atom stereocenters. The van der Waals surface area contributed by atoms with Gasteiger partial charge in [0, 0.05) is 25.2 Å². The van der Waals surface area contributed by atoms with Gasteiger partial charge in [0.15, 0.2) is 0 Å². The van der Waals surface area contributed by atoms with Crippen molar-refractivity contribution >= 4 is 10.0 Å². The summed E-state index contributed by atoms with van der Waals surface area (Å²) in [5.41, 5.74) is 1.94. The van der Waals surface area contributed by atoms with E-state index in [4.69, 9.17) is 4.74 Å². The number of nitrogens with zero attached hydrogens (tertiary/aromatic N) is 1. The molecule has 1 fully saturated rings. The zero-order valence-electron chi connectivity index (χ0n) is 14.4. The van der Waals surface area contributed by atoms with E-state index < -0.39 is 10.0 Å². The first kappa shape index (κ1) is 17.9. The third-order valence-electron chi connectivity index (χ3n) is 4.54. The van der Waals surface area contributed by atoms with E-state index in [-0.39, 0.29) is 11.8 Å². The highest BCUT2D eigenvalue weighted by Crippen LogP contribution is 2.32. The average molecular weight is 360 g/mol. The fraction of sp³-hybridized carbons (Fsp3) is 0.368. The Morgan fingerprint density at radius 1 is 1.12 bits per heavy atom. The molecule has 1 N–H and O–H groups in total. The Balaban J connectivity index is 1.82. The molecule has 134 valence electrons. The van der Waals surface area contributed by atoms with Crippen LogP contribution in [0.25, 0.3) is 0 Å². The Bertz CT molecular complexity index is 793. The number of hydrogen-bond acceptors (Lipinski definition) is 4. The average Bonchev–Trinajstić information content (AvgIpc) is 2.67.